The molecule has 0 aliphatic carbocycles. The van der Waals surface area contributed by atoms with E-state index in [4.69, 9.17) is 0 Å². The van der Waals surface area contributed by atoms with Gasteiger partial charge in [-0.05, 0) is 42.7 Å². The number of aromatic amines is 1. The van der Waals surface area contributed by atoms with Crippen LogP contribution >= 0.6 is 0 Å². The number of benzene rings is 2. The number of carbonyl (C=O) groups excluding carboxylic acids is 1. The van der Waals surface area contributed by atoms with Crippen LogP contribution in [0, 0.1) is 13.8 Å². The molecule has 1 heterocycles. The van der Waals surface area contributed by atoms with Crippen molar-refractivity contribution >= 4 is 5.91 Å². The molecular weight excluding hydrogens is 286 g/mol. The molecule has 0 fully saturated rings. The smallest absolute Gasteiger partial charge is 0.269 e. The van der Waals surface area contributed by atoms with Crippen LogP contribution in [-0.4, -0.2) is 16.1 Å². The van der Waals surface area contributed by atoms with Gasteiger partial charge in [-0.1, -0.05) is 42.5 Å². The zero-order valence-corrected chi connectivity index (χ0v) is 13.3. The molecule has 0 saturated carbocycles. The van der Waals surface area contributed by atoms with Crippen LogP contribution in [0.5, 0.6) is 0 Å². The standard InChI is InChI=1S/C19H19N3O/c1-13-8-9-16(10-14(13)2)17-11-18(22-21-17)19(23)20-12-15-6-4-3-5-7-15/h3-11H,12H2,1-2H3,(H,20,23)(H,21,22). The fraction of sp³-hybridized carbons (Fsp3) is 0.158. The average Bonchev–Trinajstić information content (AvgIpc) is 3.06. The summed E-state index contributed by atoms with van der Waals surface area (Å²) in [7, 11) is 0. The van der Waals surface area contributed by atoms with Crippen molar-refractivity contribution in [2.24, 2.45) is 0 Å². The minimum Gasteiger partial charge on any atom is -0.347 e. The Hall–Kier alpha value is -2.88. The lowest BCUT2D eigenvalue weighted by Crippen LogP contribution is -2.23. The molecule has 2 N–H and O–H groups in total. The Morgan fingerprint density at radius 3 is 2.57 bits per heavy atom. The first-order chi connectivity index (χ1) is 11.1. The molecule has 0 radical (unpaired) electrons. The van der Waals surface area contributed by atoms with E-state index < -0.39 is 0 Å². The number of nitrogens with one attached hydrogen (secondary N) is 2. The maximum Gasteiger partial charge on any atom is 0.269 e. The molecule has 116 valence electrons. The van der Waals surface area contributed by atoms with E-state index in [1.54, 1.807) is 6.07 Å². The molecule has 0 spiro atoms. The van der Waals surface area contributed by atoms with E-state index in [1.807, 2.05) is 36.4 Å². The first-order valence-electron chi connectivity index (χ1n) is 7.58. The highest BCUT2D eigenvalue weighted by Crippen LogP contribution is 2.20. The third kappa shape index (κ3) is 3.48. The Labute approximate surface area is 135 Å². The number of aryl methyl sites for hydroxylation is 2. The van der Waals surface area contributed by atoms with E-state index in [2.05, 4.69) is 41.5 Å². The number of rotatable bonds is 4. The van der Waals surface area contributed by atoms with Gasteiger partial charge in [0.05, 0.1) is 5.69 Å². The van der Waals surface area contributed by atoms with Gasteiger partial charge >= 0.3 is 0 Å². The molecule has 0 saturated heterocycles. The SMILES string of the molecule is Cc1ccc(-c2cc(C(=O)NCc3ccccc3)[nH]n2)cc1C. The number of H-pyrrole nitrogens is 1. The van der Waals surface area contributed by atoms with Gasteiger partial charge in [0.25, 0.3) is 5.91 Å². The number of aromatic nitrogens is 2. The minimum atomic E-state index is -0.156. The molecule has 0 bridgehead atoms. The predicted molar refractivity (Wildman–Crippen MR) is 91.1 cm³/mol. The highest BCUT2D eigenvalue weighted by Gasteiger charge is 2.11. The van der Waals surface area contributed by atoms with Gasteiger partial charge in [-0.25, -0.2) is 0 Å². The van der Waals surface area contributed by atoms with Crippen LogP contribution in [0.4, 0.5) is 0 Å². The lowest BCUT2D eigenvalue weighted by atomic mass is 10.0. The summed E-state index contributed by atoms with van der Waals surface area (Å²) in [6.45, 7) is 4.64. The van der Waals surface area contributed by atoms with E-state index in [1.165, 1.54) is 11.1 Å². The highest BCUT2D eigenvalue weighted by molar-refractivity contribution is 5.93. The van der Waals surface area contributed by atoms with Gasteiger partial charge in [-0.3, -0.25) is 9.89 Å². The summed E-state index contributed by atoms with van der Waals surface area (Å²) in [4.78, 5) is 12.2. The Morgan fingerprint density at radius 1 is 1.04 bits per heavy atom. The lowest BCUT2D eigenvalue weighted by Gasteiger charge is -2.03. The molecule has 1 amide bonds. The van der Waals surface area contributed by atoms with Crippen LogP contribution in [0.15, 0.2) is 54.6 Å². The third-order valence-corrected chi connectivity index (χ3v) is 3.92. The highest BCUT2D eigenvalue weighted by atomic mass is 16.1. The normalized spacial score (nSPS) is 10.5. The van der Waals surface area contributed by atoms with E-state index in [-0.39, 0.29) is 5.91 Å². The van der Waals surface area contributed by atoms with Gasteiger partial charge in [0.1, 0.15) is 5.69 Å². The second-order valence-corrected chi connectivity index (χ2v) is 5.63. The zero-order valence-electron chi connectivity index (χ0n) is 13.3. The Morgan fingerprint density at radius 2 is 1.83 bits per heavy atom. The van der Waals surface area contributed by atoms with E-state index in [9.17, 15) is 4.79 Å². The number of amides is 1. The Bertz CT molecular complexity index is 822. The number of hydrogen-bond acceptors (Lipinski definition) is 2. The molecule has 2 aromatic carbocycles. The Balaban J connectivity index is 1.71. The van der Waals surface area contributed by atoms with Gasteiger partial charge in [0, 0.05) is 12.1 Å². The largest absolute Gasteiger partial charge is 0.347 e. The van der Waals surface area contributed by atoms with Crippen LogP contribution in [0.25, 0.3) is 11.3 Å². The van der Waals surface area contributed by atoms with E-state index in [0.29, 0.717) is 12.2 Å². The maximum atomic E-state index is 12.2. The third-order valence-electron chi connectivity index (χ3n) is 3.92. The fourth-order valence-electron chi connectivity index (χ4n) is 2.36. The van der Waals surface area contributed by atoms with Crippen LogP contribution in [-0.2, 0) is 6.54 Å². The summed E-state index contributed by atoms with van der Waals surface area (Å²) in [5.74, 6) is -0.156. The molecule has 1 aromatic heterocycles. The van der Waals surface area contributed by atoms with Gasteiger partial charge in [-0.15, -0.1) is 0 Å². The van der Waals surface area contributed by atoms with Crippen LogP contribution < -0.4 is 5.32 Å². The summed E-state index contributed by atoms with van der Waals surface area (Å²) in [6, 6.07) is 17.8. The fourth-order valence-corrected chi connectivity index (χ4v) is 2.36. The second kappa shape index (κ2) is 6.48. The summed E-state index contributed by atoms with van der Waals surface area (Å²) in [5.41, 5.74) is 5.76. The maximum absolute atomic E-state index is 12.2. The van der Waals surface area contributed by atoms with Crippen molar-refractivity contribution < 1.29 is 4.79 Å². The summed E-state index contributed by atoms with van der Waals surface area (Å²) < 4.78 is 0. The number of nitrogens with zero attached hydrogens (tertiary/aromatic N) is 1. The molecular formula is C19H19N3O. The topological polar surface area (TPSA) is 57.8 Å². The van der Waals surface area contributed by atoms with Crippen molar-refractivity contribution in [2.75, 3.05) is 0 Å². The van der Waals surface area contributed by atoms with Crippen LogP contribution in [0.3, 0.4) is 0 Å². The minimum absolute atomic E-state index is 0.156. The quantitative estimate of drug-likeness (QED) is 0.773. The van der Waals surface area contributed by atoms with Crippen LogP contribution in [0.1, 0.15) is 27.2 Å². The molecule has 0 aliphatic rings. The van der Waals surface area contributed by atoms with Gasteiger partial charge in [0.2, 0.25) is 0 Å². The molecule has 0 unspecified atom stereocenters. The van der Waals surface area contributed by atoms with Crippen molar-refractivity contribution in [3.63, 3.8) is 0 Å². The summed E-state index contributed by atoms with van der Waals surface area (Å²) >= 11 is 0. The first kappa shape index (κ1) is 15.0. The Kier molecular flexibility index (Phi) is 4.24. The van der Waals surface area contributed by atoms with Gasteiger partial charge in [-0.2, -0.15) is 5.10 Å². The molecule has 3 rings (SSSR count). The predicted octanol–water partition coefficient (Wildman–Crippen LogP) is 3.62. The molecule has 3 aromatic rings. The first-order valence-corrected chi connectivity index (χ1v) is 7.58. The number of carbonyl (C=O) groups is 1. The van der Waals surface area contributed by atoms with Crippen molar-refractivity contribution in [1.29, 1.82) is 0 Å². The number of hydrogen-bond donors (Lipinski definition) is 2. The average molecular weight is 305 g/mol. The zero-order chi connectivity index (χ0) is 16.2. The van der Waals surface area contributed by atoms with Crippen molar-refractivity contribution in [1.82, 2.24) is 15.5 Å². The monoisotopic (exact) mass is 305 g/mol. The van der Waals surface area contributed by atoms with E-state index in [0.717, 1.165) is 16.8 Å². The van der Waals surface area contributed by atoms with Gasteiger partial charge < -0.3 is 5.32 Å². The van der Waals surface area contributed by atoms with Crippen molar-refractivity contribution in [3.05, 3.63) is 77.0 Å². The van der Waals surface area contributed by atoms with Crippen LogP contribution in [0.2, 0.25) is 0 Å². The summed E-state index contributed by atoms with van der Waals surface area (Å²) in [6.07, 6.45) is 0. The van der Waals surface area contributed by atoms with Crippen molar-refractivity contribution in [2.45, 2.75) is 20.4 Å². The van der Waals surface area contributed by atoms with E-state index >= 15 is 0 Å². The molecule has 0 aliphatic heterocycles. The second-order valence-electron chi connectivity index (χ2n) is 5.63. The molecule has 23 heavy (non-hydrogen) atoms. The van der Waals surface area contributed by atoms with Crippen molar-refractivity contribution in [3.8, 4) is 11.3 Å². The molecule has 0 atom stereocenters. The van der Waals surface area contributed by atoms with Gasteiger partial charge in [0.15, 0.2) is 0 Å². The lowest BCUT2D eigenvalue weighted by molar-refractivity contribution is 0.0946. The molecule has 4 nitrogen and oxygen atoms in total. The molecule has 4 heteroatoms. The summed E-state index contributed by atoms with van der Waals surface area (Å²) in [5, 5.41) is 9.95.